The smallest absolute Gasteiger partial charge is 0.219 e. The molecule has 0 saturated carbocycles. The highest BCUT2D eigenvalue weighted by molar-refractivity contribution is 6.31. The van der Waals surface area contributed by atoms with Crippen LogP contribution in [0.15, 0.2) is 59.9 Å². The largest absolute Gasteiger partial charge is 0.249 e. The van der Waals surface area contributed by atoms with E-state index in [-0.39, 0.29) is 5.82 Å². The molecule has 0 spiro atoms. The molecule has 4 heteroatoms. The highest BCUT2D eigenvalue weighted by Gasteiger charge is 2.22. The van der Waals surface area contributed by atoms with Crippen molar-refractivity contribution in [3.8, 4) is 0 Å². The van der Waals surface area contributed by atoms with Crippen LogP contribution in [-0.2, 0) is 0 Å². The molecular formula is C17H13ClFN2+. The second kappa shape index (κ2) is 5.62. The first-order chi connectivity index (χ1) is 10.2. The van der Waals surface area contributed by atoms with Gasteiger partial charge in [0.05, 0.1) is 17.5 Å². The van der Waals surface area contributed by atoms with Gasteiger partial charge in [-0.25, -0.2) is 9.38 Å². The zero-order valence-electron chi connectivity index (χ0n) is 11.4. The van der Waals surface area contributed by atoms with Gasteiger partial charge in [-0.15, -0.1) is 0 Å². The first-order valence-corrected chi connectivity index (χ1v) is 6.95. The predicted molar refractivity (Wildman–Crippen MR) is 84.3 cm³/mol. The highest BCUT2D eigenvalue weighted by atomic mass is 35.5. The molecule has 1 heterocycles. The van der Waals surface area contributed by atoms with Crippen LogP contribution in [0.1, 0.15) is 18.1 Å². The molecule has 21 heavy (non-hydrogen) atoms. The van der Waals surface area contributed by atoms with Crippen LogP contribution in [0.4, 0.5) is 10.1 Å². The lowest BCUT2D eigenvalue weighted by atomic mass is 10.00. The van der Waals surface area contributed by atoms with Crippen LogP contribution in [0.25, 0.3) is 0 Å². The van der Waals surface area contributed by atoms with Crippen LogP contribution in [0.3, 0.4) is 0 Å². The minimum Gasteiger partial charge on any atom is -0.249 e. The zero-order chi connectivity index (χ0) is 14.8. The lowest BCUT2D eigenvalue weighted by Gasteiger charge is -2.08. The Kier molecular flexibility index (Phi) is 3.67. The van der Waals surface area contributed by atoms with Gasteiger partial charge in [0.25, 0.3) is 0 Å². The van der Waals surface area contributed by atoms with Gasteiger partial charge in [-0.3, -0.25) is 0 Å². The quantitative estimate of drug-likeness (QED) is 0.687. The molecule has 0 atom stereocenters. The second-order valence-corrected chi connectivity index (χ2v) is 5.02. The van der Waals surface area contributed by atoms with Crippen LogP contribution < -0.4 is 0 Å². The maximum absolute atomic E-state index is 14.1. The summed E-state index contributed by atoms with van der Waals surface area (Å²) in [5.74, 6) is -0.301. The van der Waals surface area contributed by atoms with Crippen molar-refractivity contribution in [3.63, 3.8) is 0 Å². The molecule has 2 nitrogen and oxygen atoms in total. The SMILES string of the molecule is C/C=[N+]1/C=CN=C(c2ccccc2F)c2cc(Cl)ccc21. The number of halogens is 2. The van der Waals surface area contributed by atoms with Crippen LogP contribution in [0.2, 0.25) is 5.02 Å². The minimum atomic E-state index is -0.301. The van der Waals surface area contributed by atoms with E-state index in [1.165, 1.54) is 6.07 Å². The molecule has 2 aromatic carbocycles. The monoisotopic (exact) mass is 299 g/mol. The molecule has 1 aliphatic rings. The molecule has 0 saturated heterocycles. The Morgan fingerprint density at radius 3 is 2.71 bits per heavy atom. The van der Waals surface area contributed by atoms with Crippen LogP contribution >= 0.6 is 11.6 Å². The first kappa shape index (κ1) is 13.7. The standard InChI is InChI=1S/C17H13ClFN2/c1-2-21-10-9-20-17(13-5-3-4-6-15(13)19)14-11-12(18)7-8-16(14)21/h2-11H,1H3/q+1/b21-2-. The van der Waals surface area contributed by atoms with Crippen molar-refractivity contribution in [2.24, 2.45) is 4.99 Å². The fourth-order valence-electron chi connectivity index (χ4n) is 2.35. The summed E-state index contributed by atoms with van der Waals surface area (Å²) < 4.78 is 16.1. The number of aliphatic imine (C=N–C) groups is 1. The second-order valence-electron chi connectivity index (χ2n) is 4.58. The average Bonchev–Trinajstić information content (AvgIpc) is 2.66. The summed E-state index contributed by atoms with van der Waals surface area (Å²) in [7, 11) is 0. The number of rotatable bonds is 1. The Hall–Kier alpha value is -2.26. The van der Waals surface area contributed by atoms with Gasteiger partial charge in [0, 0.05) is 23.6 Å². The molecule has 0 amide bonds. The molecule has 0 bridgehead atoms. The molecule has 1 aliphatic heterocycles. The molecule has 0 aromatic heterocycles. The molecule has 0 radical (unpaired) electrons. The summed E-state index contributed by atoms with van der Waals surface area (Å²) in [4.78, 5) is 4.41. The van der Waals surface area contributed by atoms with Crippen molar-refractivity contribution in [2.75, 3.05) is 0 Å². The molecule has 0 N–H and O–H groups in total. The van der Waals surface area contributed by atoms with Crippen molar-refractivity contribution in [1.29, 1.82) is 0 Å². The summed E-state index contributed by atoms with van der Waals surface area (Å²) in [6.45, 7) is 1.93. The third-order valence-electron chi connectivity index (χ3n) is 3.33. The van der Waals surface area contributed by atoms with E-state index in [2.05, 4.69) is 4.99 Å². The highest BCUT2D eigenvalue weighted by Crippen LogP contribution is 2.28. The van der Waals surface area contributed by atoms with Crippen molar-refractivity contribution < 1.29 is 8.97 Å². The predicted octanol–water partition coefficient (Wildman–Crippen LogP) is 4.54. The number of benzene rings is 2. The topological polar surface area (TPSA) is 15.4 Å². The Bertz CT molecular complexity index is 791. The lowest BCUT2D eigenvalue weighted by molar-refractivity contribution is -0.355. The zero-order valence-corrected chi connectivity index (χ0v) is 12.2. The van der Waals surface area contributed by atoms with Gasteiger partial charge in [-0.1, -0.05) is 23.7 Å². The third kappa shape index (κ3) is 2.52. The fourth-order valence-corrected chi connectivity index (χ4v) is 2.52. The van der Waals surface area contributed by atoms with E-state index in [0.717, 1.165) is 11.3 Å². The van der Waals surface area contributed by atoms with E-state index in [1.54, 1.807) is 24.4 Å². The van der Waals surface area contributed by atoms with Crippen molar-refractivity contribution in [3.05, 3.63) is 76.8 Å². The number of hydrogen-bond acceptors (Lipinski definition) is 1. The van der Waals surface area contributed by atoms with Gasteiger partial charge in [-0.05, 0) is 24.3 Å². The maximum atomic E-state index is 14.1. The summed E-state index contributed by atoms with van der Waals surface area (Å²) >= 11 is 6.12. The van der Waals surface area contributed by atoms with Gasteiger partial charge in [-0.2, -0.15) is 4.58 Å². The first-order valence-electron chi connectivity index (χ1n) is 6.58. The Labute approximate surface area is 127 Å². The van der Waals surface area contributed by atoms with Gasteiger partial charge < -0.3 is 0 Å². The molecule has 0 aliphatic carbocycles. The van der Waals surface area contributed by atoms with Gasteiger partial charge >= 0.3 is 0 Å². The van der Waals surface area contributed by atoms with Gasteiger partial charge in [0.2, 0.25) is 5.69 Å². The molecule has 2 aromatic rings. The van der Waals surface area contributed by atoms with Crippen LogP contribution in [-0.4, -0.2) is 16.5 Å². The molecule has 3 rings (SSSR count). The molecular weight excluding hydrogens is 287 g/mol. The van der Waals surface area contributed by atoms with Gasteiger partial charge in [0.1, 0.15) is 12.0 Å². The number of hydrogen-bond donors (Lipinski definition) is 0. The van der Waals surface area contributed by atoms with E-state index >= 15 is 0 Å². The van der Waals surface area contributed by atoms with E-state index < -0.39 is 0 Å². The lowest BCUT2D eigenvalue weighted by Crippen LogP contribution is -2.08. The van der Waals surface area contributed by atoms with Crippen LogP contribution in [0.5, 0.6) is 0 Å². The maximum Gasteiger partial charge on any atom is 0.219 e. The molecule has 0 unspecified atom stereocenters. The summed E-state index contributed by atoms with van der Waals surface area (Å²) in [6, 6.07) is 12.1. The molecule has 104 valence electrons. The summed E-state index contributed by atoms with van der Waals surface area (Å²) in [5.41, 5.74) is 2.75. The van der Waals surface area contributed by atoms with Crippen molar-refractivity contribution >= 4 is 29.2 Å². The Morgan fingerprint density at radius 2 is 1.95 bits per heavy atom. The Morgan fingerprint density at radius 1 is 1.14 bits per heavy atom. The average molecular weight is 300 g/mol. The van der Waals surface area contributed by atoms with E-state index in [1.807, 2.05) is 42.1 Å². The Balaban J connectivity index is 2.28. The summed E-state index contributed by atoms with van der Waals surface area (Å²) in [5, 5.41) is 0.593. The number of nitrogens with zero attached hydrogens (tertiary/aromatic N) is 2. The minimum absolute atomic E-state index is 0.301. The van der Waals surface area contributed by atoms with Gasteiger partial charge in [0.15, 0.2) is 6.20 Å². The van der Waals surface area contributed by atoms with E-state index in [0.29, 0.717) is 16.3 Å². The number of fused-ring (bicyclic) bond motifs is 1. The van der Waals surface area contributed by atoms with Crippen LogP contribution in [0, 0.1) is 5.82 Å². The van der Waals surface area contributed by atoms with E-state index in [9.17, 15) is 4.39 Å². The van der Waals surface area contributed by atoms with Crippen molar-refractivity contribution in [1.82, 2.24) is 0 Å². The fraction of sp³-hybridized carbons (Fsp3) is 0.0588. The molecule has 0 fully saturated rings. The normalized spacial score (nSPS) is 15.6. The van der Waals surface area contributed by atoms with Crippen molar-refractivity contribution in [2.45, 2.75) is 6.92 Å². The third-order valence-corrected chi connectivity index (χ3v) is 3.57. The summed E-state index contributed by atoms with van der Waals surface area (Å²) in [6.07, 6.45) is 5.42. The van der Waals surface area contributed by atoms with E-state index in [4.69, 9.17) is 11.6 Å².